The molecule has 0 aliphatic rings. The third-order valence-electron chi connectivity index (χ3n) is 9.41. The molecule has 1 amide bonds. The number of aromatic nitrogens is 2. The number of carbonyl (C=O) groups is 1. The predicted octanol–water partition coefficient (Wildman–Crippen LogP) is 9.12. The van der Waals surface area contributed by atoms with Crippen LogP contribution in [0.1, 0.15) is 62.5 Å². The van der Waals surface area contributed by atoms with Crippen molar-refractivity contribution in [3.8, 4) is 17.3 Å². The van der Waals surface area contributed by atoms with Gasteiger partial charge in [0, 0.05) is 23.0 Å². The maximum atomic E-state index is 12.8. The number of amides is 1. The quantitative estimate of drug-likeness (QED) is 0.135. The predicted molar refractivity (Wildman–Crippen MR) is 203 cm³/mol. The number of primary amides is 1. The van der Waals surface area contributed by atoms with Gasteiger partial charge in [-0.2, -0.15) is 5.26 Å². The highest BCUT2D eigenvalue weighted by molar-refractivity contribution is 5.99. The molecule has 0 spiro atoms. The lowest BCUT2D eigenvalue weighted by Crippen LogP contribution is -2.39. The van der Waals surface area contributed by atoms with Gasteiger partial charge in [-0.25, -0.2) is 4.98 Å². The Labute approximate surface area is 298 Å². The number of imidazole rings is 1. The van der Waals surface area contributed by atoms with E-state index in [0.717, 1.165) is 40.2 Å². The monoisotopic (exact) mass is 663 g/mol. The Morgan fingerprint density at radius 2 is 1.33 bits per heavy atom. The Balaban J connectivity index is 1.61. The molecule has 1 heterocycles. The minimum atomic E-state index is -0.904. The SMILES string of the molecule is CCc1cccc(C(Nc2ccc(C#N)cc2)c2nc(-c3ccccc3C(N)=O)cn2C(c2ccccc2)(c2ccccc2)c2ccccc2)c1. The lowest BCUT2D eigenvalue weighted by atomic mass is 9.76. The van der Waals surface area contributed by atoms with Crippen LogP contribution in [0.15, 0.2) is 170 Å². The molecule has 248 valence electrons. The number of anilines is 1. The summed E-state index contributed by atoms with van der Waals surface area (Å²) >= 11 is 0. The van der Waals surface area contributed by atoms with Gasteiger partial charge in [-0.1, -0.05) is 140 Å². The van der Waals surface area contributed by atoms with Crippen molar-refractivity contribution in [2.75, 3.05) is 5.32 Å². The number of nitrogens with zero attached hydrogens (tertiary/aromatic N) is 3. The van der Waals surface area contributed by atoms with E-state index in [1.54, 1.807) is 6.07 Å². The fourth-order valence-electron chi connectivity index (χ4n) is 6.97. The van der Waals surface area contributed by atoms with Gasteiger partial charge in [0.2, 0.25) is 5.91 Å². The summed E-state index contributed by atoms with van der Waals surface area (Å²) in [6, 6.07) is 56.5. The van der Waals surface area contributed by atoms with E-state index in [-0.39, 0.29) is 0 Å². The second-order valence-electron chi connectivity index (χ2n) is 12.4. The van der Waals surface area contributed by atoms with Crippen LogP contribution in [-0.2, 0) is 12.0 Å². The van der Waals surface area contributed by atoms with Gasteiger partial charge in [0.25, 0.3) is 0 Å². The second-order valence-corrected chi connectivity index (χ2v) is 12.4. The van der Waals surface area contributed by atoms with Gasteiger partial charge in [0.1, 0.15) is 17.4 Å². The van der Waals surface area contributed by atoms with Crippen LogP contribution < -0.4 is 11.1 Å². The van der Waals surface area contributed by atoms with Gasteiger partial charge in [-0.15, -0.1) is 0 Å². The lowest BCUT2D eigenvalue weighted by Gasteiger charge is -2.39. The van der Waals surface area contributed by atoms with Crippen molar-refractivity contribution in [1.29, 1.82) is 5.26 Å². The Hall–Kier alpha value is -6.71. The number of nitrogens with two attached hydrogens (primary N) is 1. The molecule has 51 heavy (non-hydrogen) atoms. The average molecular weight is 664 g/mol. The van der Waals surface area contributed by atoms with Crippen LogP contribution in [0.3, 0.4) is 0 Å². The minimum Gasteiger partial charge on any atom is -0.372 e. The van der Waals surface area contributed by atoms with Crippen LogP contribution in [0.2, 0.25) is 0 Å². The highest BCUT2D eigenvalue weighted by atomic mass is 16.1. The first-order valence-corrected chi connectivity index (χ1v) is 17.0. The first-order chi connectivity index (χ1) is 25.0. The van der Waals surface area contributed by atoms with Crippen molar-refractivity contribution in [2.45, 2.75) is 24.9 Å². The summed E-state index contributed by atoms with van der Waals surface area (Å²) in [6.45, 7) is 2.15. The molecule has 6 nitrogen and oxygen atoms in total. The molecule has 6 heteroatoms. The van der Waals surface area contributed by atoms with Crippen LogP contribution >= 0.6 is 0 Å². The largest absolute Gasteiger partial charge is 0.372 e. The van der Waals surface area contributed by atoms with Crippen LogP contribution in [0.5, 0.6) is 0 Å². The maximum absolute atomic E-state index is 12.8. The normalized spacial score (nSPS) is 11.8. The summed E-state index contributed by atoms with van der Waals surface area (Å²) in [5, 5.41) is 13.3. The number of hydrogen-bond donors (Lipinski definition) is 2. The highest BCUT2D eigenvalue weighted by Crippen LogP contribution is 2.45. The molecule has 1 atom stereocenters. The number of nitrogens with one attached hydrogen (secondary N) is 1. The molecule has 7 aromatic rings. The van der Waals surface area contributed by atoms with Crippen molar-refractivity contribution in [3.05, 3.63) is 215 Å². The van der Waals surface area contributed by atoms with Gasteiger partial charge in [0.05, 0.1) is 17.3 Å². The van der Waals surface area contributed by atoms with Crippen molar-refractivity contribution < 1.29 is 4.79 Å². The fraction of sp³-hybridized carbons (Fsp3) is 0.0889. The number of hydrogen-bond acceptors (Lipinski definition) is 4. The average Bonchev–Trinajstić information content (AvgIpc) is 3.64. The van der Waals surface area contributed by atoms with Gasteiger partial charge >= 0.3 is 0 Å². The third kappa shape index (κ3) is 6.29. The molecule has 1 unspecified atom stereocenters. The number of carbonyl (C=O) groups excluding carboxylic acids is 1. The van der Waals surface area contributed by atoms with Gasteiger partial charge < -0.3 is 15.6 Å². The van der Waals surface area contributed by atoms with E-state index in [1.165, 1.54) is 5.56 Å². The summed E-state index contributed by atoms with van der Waals surface area (Å²) in [6.07, 6.45) is 2.92. The molecular formula is C45H37N5O. The van der Waals surface area contributed by atoms with Gasteiger partial charge in [0.15, 0.2) is 0 Å². The standard InChI is InChI=1S/C45H37N5O/c1-2-32-15-14-16-34(29-32)42(48-38-27-25-33(30-46)26-28-38)44-49-41(39-23-12-13-24-40(39)43(47)51)31-50(44)45(35-17-6-3-7-18-35,36-19-8-4-9-20-36)37-21-10-5-11-22-37/h3-29,31,42,48H,2H2,1H3,(H2,47,51). The zero-order valence-corrected chi connectivity index (χ0v) is 28.3. The van der Waals surface area contributed by atoms with E-state index < -0.39 is 17.5 Å². The third-order valence-corrected chi connectivity index (χ3v) is 9.41. The van der Waals surface area contributed by atoms with Crippen molar-refractivity contribution >= 4 is 11.6 Å². The first-order valence-electron chi connectivity index (χ1n) is 17.0. The molecular weight excluding hydrogens is 627 g/mol. The Bertz CT molecular complexity index is 2210. The topological polar surface area (TPSA) is 96.7 Å². The molecule has 0 radical (unpaired) electrons. The zero-order valence-electron chi connectivity index (χ0n) is 28.3. The number of aryl methyl sites for hydroxylation is 1. The van der Waals surface area contributed by atoms with Crippen LogP contribution in [0.4, 0.5) is 5.69 Å². The number of benzene rings is 6. The molecule has 3 N–H and O–H groups in total. The van der Waals surface area contributed by atoms with E-state index >= 15 is 0 Å². The van der Waals surface area contributed by atoms with Crippen LogP contribution in [0, 0.1) is 11.3 Å². The summed E-state index contributed by atoms with van der Waals surface area (Å²) in [4.78, 5) is 18.3. The molecule has 0 fully saturated rings. The Morgan fingerprint density at radius 1 is 0.765 bits per heavy atom. The van der Waals surface area contributed by atoms with Crippen molar-refractivity contribution in [3.63, 3.8) is 0 Å². The summed E-state index contributed by atoms with van der Waals surface area (Å²) < 4.78 is 2.26. The van der Waals surface area contributed by atoms with E-state index in [4.69, 9.17) is 10.7 Å². The van der Waals surface area contributed by atoms with E-state index in [1.807, 2.05) is 60.7 Å². The highest BCUT2D eigenvalue weighted by Gasteiger charge is 2.42. The molecule has 1 aromatic heterocycles. The Kier molecular flexibility index (Phi) is 9.28. The van der Waals surface area contributed by atoms with E-state index in [9.17, 15) is 10.1 Å². The smallest absolute Gasteiger partial charge is 0.249 e. The summed E-state index contributed by atoms with van der Waals surface area (Å²) in [5.74, 6) is 0.198. The van der Waals surface area contributed by atoms with Gasteiger partial charge in [-0.3, -0.25) is 4.79 Å². The first kappa shape index (κ1) is 32.8. The number of nitriles is 1. The van der Waals surface area contributed by atoms with Crippen LogP contribution in [-0.4, -0.2) is 15.5 Å². The summed E-state index contributed by atoms with van der Waals surface area (Å²) in [5.41, 5.74) is 13.4. The van der Waals surface area contributed by atoms with E-state index in [0.29, 0.717) is 22.4 Å². The lowest BCUT2D eigenvalue weighted by molar-refractivity contribution is 0.100. The number of rotatable bonds is 11. The molecule has 6 aromatic carbocycles. The molecule has 0 aliphatic heterocycles. The second kappa shape index (κ2) is 14.4. The molecule has 0 saturated heterocycles. The van der Waals surface area contributed by atoms with Gasteiger partial charge in [-0.05, 0) is 64.6 Å². The maximum Gasteiger partial charge on any atom is 0.249 e. The fourth-order valence-corrected chi connectivity index (χ4v) is 6.97. The van der Waals surface area contributed by atoms with Crippen LogP contribution in [0.25, 0.3) is 11.3 Å². The zero-order chi connectivity index (χ0) is 35.2. The van der Waals surface area contributed by atoms with Crippen molar-refractivity contribution in [1.82, 2.24) is 9.55 Å². The minimum absolute atomic E-state index is 0.392. The molecule has 7 rings (SSSR count). The summed E-state index contributed by atoms with van der Waals surface area (Å²) in [7, 11) is 0. The van der Waals surface area contributed by atoms with Crippen molar-refractivity contribution in [2.24, 2.45) is 5.73 Å². The molecule has 0 saturated carbocycles. The molecule has 0 aliphatic carbocycles. The van der Waals surface area contributed by atoms with E-state index in [2.05, 4.69) is 126 Å². The Morgan fingerprint density at radius 3 is 1.88 bits per heavy atom. The molecule has 0 bridgehead atoms.